The third-order valence-electron chi connectivity index (χ3n) is 8.51. The maximum Gasteiger partial charge on any atom is 0.494 e. The van der Waals surface area contributed by atoms with Gasteiger partial charge in [-0.2, -0.15) is 0 Å². The van der Waals surface area contributed by atoms with Crippen LogP contribution in [-0.4, -0.2) is 36.6 Å². The quantitative estimate of drug-likeness (QED) is 0.347. The summed E-state index contributed by atoms with van der Waals surface area (Å²) in [5.41, 5.74) is 2.97. The normalized spacial score (nSPS) is 23.1. The molecule has 2 fully saturated rings. The van der Waals surface area contributed by atoms with Crippen LogP contribution in [0.5, 0.6) is 0 Å². The summed E-state index contributed by atoms with van der Waals surface area (Å²) < 4.78 is 25.7. The molecule has 6 rings (SSSR count). The van der Waals surface area contributed by atoms with E-state index in [1.807, 2.05) is 11.8 Å². The molecule has 0 aromatic heterocycles. The lowest BCUT2D eigenvalue weighted by molar-refractivity contribution is 0.00578. The molecule has 7 heteroatoms. The second-order valence-corrected chi connectivity index (χ2v) is 13.0. The van der Waals surface area contributed by atoms with Gasteiger partial charge in [0.2, 0.25) is 0 Å². The Morgan fingerprint density at radius 1 is 0.571 bits per heavy atom. The first-order chi connectivity index (χ1) is 16.3. The largest absolute Gasteiger partial charge is 0.494 e. The Balaban J connectivity index is 1.53. The highest BCUT2D eigenvalue weighted by atomic mass is 32.2. The summed E-state index contributed by atoms with van der Waals surface area (Å²) in [6.07, 6.45) is 0. The second-order valence-electron chi connectivity index (χ2n) is 12.0. The van der Waals surface area contributed by atoms with E-state index >= 15 is 0 Å². The van der Waals surface area contributed by atoms with Crippen molar-refractivity contribution in [1.82, 2.24) is 0 Å². The SMILES string of the molecule is CC1(C)OB(c2cc3c4c(cc(B5OC(C)(C)C(C)(C)O5)cc4c2)-c2ccccc2S3)OC1(C)C. The minimum atomic E-state index is -0.425. The molecule has 0 aliphatic carbocycles. The van der Waals surface area contributed by atoms with Crippen LogP contribution in [0.15, 0.2) is 58.3 Å². The molecule has 0 unspecified atom stereocenters. The van der Waals surface area contributed by atoms with Gasteiger partial charge in [0, 0.05) is 15.2 Å². The average Bonchev–Trinajstić information content (AvgIpc) is 3.13. The van der Waals surface area contributed by atoms with Gasteiger partial charge in [-0.3, -0.25) is 0 Å². The molecule has 35 heavy (non-hydrogen) atoms. The van der Waals surface area contributed by atoms with Gasteiger partial charge in [-0.25, -0.2) is 0 Å². The summed E-state index contributed by atoms with van der Waals surface area (Å²) in [6.45, 7) is 16.8. The van der Waals surface area contributed by atoms with Gasteiger partial charge < -0.3 is 18.6 Å². The molecule has 4 nitrogen and oxygen atoms in total. The Kier molecular flexibility index (Phi) is 4.99. The maximum absolute atomic E-state index is 6.44. The van der Waals surface area contributed by atoms with Crippen molar-refractivity contribution in [2.45, 2.75) is 87.6 Å². The van der Waals surface area contributed by atoms with Crippen molar-refractivity contribution in [1.29, 1.82) is 0 Å². The van der Waals surface area contributed by atoms with E-state index < -0.39 is 25.4 Å². The average molecular weight is 486 g/mol. The van der Waals surface area contributed by atoms with E-state index in [0.717, 1.165) is 16.3 Å². The third kappa shape index (κ3) is 3.54. The zero-order chi connectivity index (χ0) is 25.0. The van der Waals surface area contributed by atoms with E-state index in [0.29, 0.717) is 0 Å². The lowest BCUT2D eigenvalue weighted by Crippen LogP contribution is -2.41. The molecule has 0 N–H and O–H groups in total. The maximum atomic E-state index is 6.44. The van der Waals surface area contributed by atoms with E-state index in [4.69, 9.17) is 18.6 Å². The molecule has 3 aliphatic heterocycles. The molecule has 0 bridgehead atoms. The van der Waals surface area contributed by atoms with Crippen LogP contribution in [0.4, 0.5) is 0 Å². The Labute approximate surface area is 213 Å². The van der Waals surface area contributed by atoms with Gasteiger partial charge in [-0.1, -0.05) is 48.2 Å². The molecule has 3 aromatic carbocycles. The Hall–Kier alpha value is -1.76. The Bertz CT molecular complexity index is 1330. The molecule has 180 valence electrons. The van der Waals surface area contributed by atoms with Crippen molar-refractivity contribution in [3.63, 3.8) is 0 Å². The fourth-order valence-corrected chi connectivity index (χ4v) is 6.14. The minimum absolute atomic E-state index is 0.390. The first-order valence-electron chi connectivity index (χ1n) is 12.4. The topological polar surface area (TPSA) is 36.9 Å². The lowest BCUT2D eigenvalue weighted by atomic mass is 9.74. The number of rotatable bonds is 2. The van der Waals surface area contributed by atoms with Crippen LogP contribution in [0.1, 0.15) is 55.4 Å². The monoisotopic (exact) mass is 486 g/mol. The molecule has 0 radical (unpaired) electrons. The molecule has 3 aromatic rings. The van der Waals surface area contributed by atoms with Gasteiger partial charge in [0.1, 0.15) is 0 Å². The zero-order valence-electron chi connectivity index (χ0n) is 21.8. The van der Waals surface area contributed by atoms with Gasteiger partial charge in [-0.05, 0) is 95.0 Å². The van der Waals surface area contributed by atoms with E-state index in [-0.39, 0.29) is 11.2 Å². The predicted octanol–water partition coefficient (Wildman–Crippen LogP) is 5.57. The first kappa shape index (κ1) is 23.6. The van der Waals surface area contributed by atoms with Gasteiger partial charge in [-0.15, -0.1) is 0 Å². The molecular formula is C28H32B2O4S. The van der Waals surface area contributed by atoms with Gasteiger partial charge >= 0.3 is 14.2 Å². The third-order valence-corrected chi connectivity index (χ3v) is 9.62. The van der Waals surface area contributed by atoms with E-state index in [1.165, 1.54) is 26.3 Å². The van der Waals surface area contributed by atoms with Crippen LogP contribution in [-0.2, 0) is 18.6 Å². The molecule has 0 amide bonds. The highest BCUT2D eigenvalue weighted by molar-refractivity contribution is 7.99. The summed E-state index contributed by atoms with van der Waals surface area (Å²) in [7, 11) is -0.839. The van der Waals surface area contributed by atoms with E-state index in [1.54, 1.807) is 0 Å². The fourth-order valence-electron chi connectivity index (χ4n) is 4.94. The molecule has 2 saturated heterocycles. The van der Waals surface area contributed by atoms with Gasteiger partial charge in [0.05, 0.1) is 22.4 Å². The molecule has 0 atom stereocenters. The predicted molar refractivity (Wildman–Crippen MR) is 145 cm³/mol. The summed E-state index contributed by atoms with van der Waals surface area (Å²) in [6, 6.07) is 17.5. The Morgan fingerprint density at radius 2 is 1.06 bits per heavy atom. The lowest BCUT2D eigenvalue weighted by Gasteiger charge is -2.32. The standard InChI is InChI=1S/C28H32B2O4S/c1-25(2)26(3,4)32-29(31-25)18-13-17-14-19(30-33-27(5,6)28(7,8)34-30)16-23-24(17)21(15-18)20-11-9-10-12-22(20)35-23/h9-16H,1-8H3. The van der Waals surface area contributed by atoms with Crippen LogP contribution >= 0.6 is 11.8 Å². The summed E-state index contributed by atoms with van der Waals surface area (Å²) in [5, 5.41) is 2.41. The van der Waals surface area contributed by atoms with Crippen LogP contribution in [0, 0.1) is 0 Å². The summed E-state index contributed by atoms with van der Waals surface area (Å²) in [4.78, 5) is 2.47. The van der Waals surface area contributed by atoms with Gasteiger partial charge in [0.15, 0.2) is 0 Å². The summed E-state index contributed by atoms with van der Waals surface area (Å²) >= 11 is 1.81. The van der Waals surface area contributed by atoms with Crippen LogP contribution < -0.4 is 10.9 Å². The number of hydrogen-bond acceptors (Lipinski definition) is 5. The van der Waals surface area contributed by atoms with Crippen LogP contribution in [0.3, 0.4) is 0 Å². The van der Waals surface area contributed by atoms with Crippen molar-refractivity contribution in [3.05, 3.63) is 48.5 Å². The molecule has 0 spiro atoms. The number of benzene rings is 3. The minimum Gasteiger partial charge on any atom is -0.399 e. The van der Waals surface area contributed by atoms with E-state index in [2.05, 4.69) is 104 Å². The highest BCUT2D eigenvalue weighted by Gasteiger charge is 2.53. The number of fused-ring (bicyclic) bond motifs is 2. The van der Waals surface area contributed by atoms with Crippen molar-refractivity contribution in [2.75, 3.05) is 0 Å². The molecular weight excluding hydrogens is 454 g/mol. The van der Waals surface area contributed by atoms with Crippen molar-refractivity contribution in [3.8, 4) is 11.1 Å². The first-order valence-corrected chi connectivity index (χ1v) is 13.2. The van der Waals surface area contributed by atoms with Gasteiger partial charge in [0.25, 0.3) is 0 Å². The zero-order valence-corrected chi connectivity index (χ0v) is 22.6. The number of hydrogen-bond donors (Lipinski definition) is 0. The van der Waals surface area contributed by atoms with Crippen LogP contribution in [0.2, 0.25) is 0 Å². The van der Waals surface area contributed by atoms with Crippen LogP contribution in [0.25, 0.3) is 21.9 Å². The van der Waals surface area contributed by atoms with Crippen molar-refractivity contribution in [2.24, 2.45) is 0 Å². The molecule has 3 heterocycles. The molecule has 3 aliphatic rings. The second kappa shape index (κ2) is 7.39. The van der Waals surface area contributed by atoms with Crippen molar-refractivity contribution >= 4 is 47.7 Å². The van der Waals surface area contributed by atoms with Crippen molar-refractivity contribution < 1.29 is 18.6 Å². The summed E-state index contributed by atoms with van der Waals surface area (Å²) in [5.74, 6) is 0. The molecule has 0 saturated carbocycles. The van der Waals surface area contributed by atoms with E-state index in [9.17, 15) is 0 Å². The Morgan fingerprint density at radius 3 is 1.60 bits per heavy atom. The smallest absolute Gasteiger partial charge is 0.399 e. The fraction of sp³-hybridized carbons (Fsp3) is 0.429. The highest BCUT2D eigenvalue weighted by Crippen LogP contribution is 2.48.